The molecule has 0 atom stereocenters. The summed E-state index contributed by atoms with van der Waals surface area (Å²) in [6.07, 6.45) is 0. The maximum atomic E-state index is 13.2. The maximum Gasteiger partial charge on any atom is 0.339 e. The highest BCUT2D eigenvalue weighted by Gasteiger charge is 2.36. The highest BCUT2D eigenvalue weighted by molar-refractivity contribution is 7.27. The first-order valence-corrected chi connectivity index (χ1v) is 14.3. The highest BCUT2D eigenvalue weighted by atomic mass is 32.1. The first-order valence-electron chi connectivity index (χ1n) is 10.0. The van der Waals surface area contributed by atoms with Gasteiger partial charge in [0, 0.05) is 25.7 Å². The van der Waals surface area contributed by atoms with E-state index in [2.05, 4.69) is 31.8 Å². The Morgan fingerprint density at radius 2 is 1.39 bits per heavy atom. The summed E-state index contributed by atoms with van der Waals surface area (Å²) in [5.74, 6) is -1.04. The SMILES string of the molecule is COC(=O)c1c(C(=O)OC)c(-c2ccccc2)c2c(sc3ccccc32)c1[Si](C)(C)C. The van der Waals surface area contributed by atoms with Gasteiger partial charge in [0.2, 0.25) is 0 Å². The van der Waals surface area contributed by atoms with Crippen molar-refractivity contribution in [1.82, 2.24) is 0 Å². The van der Waals surface area contributed by atoms with Gasteiger partial charge in [-0.3, -0.25) is 0 Å². The molecule has 1 aromatic heterocycles. The molecule has 0 aliphatic rings. The Morgan fingerprint density at radius 3 is 2.00 bits per heavy atom. The van der Waals surface area contributed by atoms with Crippen LogP contribution in [0.2, 0.25) is 19.6 Å². The molecule has 1 heterocycles. The van der Waals surface area contributed by atoms with Gasteiger partial charge in [0.25, 0.3) is 0 Å². The second kappa shape index (κ2) is 7.94. The van der Waals surface area contributed by atoms with Crippen molar-refractivity contribution in [3.8, 4) is 11.1 Å². The molecule has 0 radical (unpaired) electrons. The minimum Gasteiger partial charge on any atom is -0.465 e. The van der Waals surface area contributed by atoms with Crippen molar-refractivity contribution in [2.75, 3.05) is 14.2 Å². The van der Waals surface area contributed by atoms with Crippen LogP contribution < -0.4 is 5.19 Å². The third-order valence-corrected chi connectivity index (χ3v) is 8.78. The molecule has 0 fully saturated rings. The Kier molecular flexibility index (Phi) is 5.45. The summed E-state index contributed by atoms with van der Waals surface area (Å²) in [5, 5.41) is 3.01. The number of methoxy groups -OCH3 is 2. The fourth-order valence-corrected chi connectivity index (χ4v) is 8.20. The maximum absolute atomic E-state index is 13.2. The Hall–Kier alpha value is -2.96. The molecule has 0 aliphatic heterocycles. The number of rotatable bonds is 4. The molecule has 0 saturated carbocycles. The van der Waals surface area contributed by atoms with E-state index in [0.29, 0.717) is 5.56 Å². The second-order valence-electron chi connectivity index (χ2n) is 8.40. The van der Waals surface area contributed by atoms with Gasteiger partial charge in [0.1, 0.15) is 0 Å². The van der Waals surface area contributed by atoms with Crippen molar-refractivity contribution < 1.29 is 19.1 Å². The molecule has 0 unspecified atom stereocenters. The van der Waals surface area contributed by atoms with E-state index in [1.54, 1.807) is 11.3 Å². The van der Waals surface area contributed by atoms with Crippen LogP contribution in [0.4, 0.5) is 0 Å². The Bertz CT molecular complexity index is 1320. The van der Waals surface area contributed by atoms with Crippen LogP contribution in [0.3, 0.4) is 0 Å². The average Bonchev–Trinajstić information content (AvgIpc) is 3.15. The quantitative estimate of drug-likeness (QED) is 0.291. The topological polar surface area (TPSA) is 52.6 Å². The van der Waals surface area contributed by atoms with E-state index < -0.39 is 20.0 Å². The van der Waals surface area contributed by atoms with E-state index in [0.717, 1.165) is 36.5 Å². The van der Waals surface area contributed by atoms with Crippen LogP contribution in [-0.2, 0) is 9.47 Å². The van der Waals surface area contributed by atoms with Crippen molar-refractivity contribution >= 4 is 56.7 Å². The van der Waals surface area contributed by atoms with E-state index >= 15 is 0 Å². The molecule has 0 spiro atoms. The molecule has 4 rings (SSSR count). The molecule has 0 saturated heterocycles. The molecule has 3 aromatic carbocycles. The van der Waals surface area contributed by atoms with Gasteiger partial charge in [-0.2, -0.15) is 0 Å². The van der Waals surface area contributed by atoms with Crippen LogP contribution in [0.25, 0.3) is 31.3 Å². The summed E-state index contributed by atoms with van der Waals surface area (Å²) in [6, 6.07) is 17.9. The monoisotopic (exact) mass is 448 g/mol. The summed E-state index contributed by atoms with van der Waals surface area (Å²) in [4.78, 5) is 26.4. The van der Waals surface area contributed by atoms with E-state index in [1.807, 2.05) is 42.5 Å². The summed E-state index contributed by atoms with van der Waals surface area (Å²) in [6.45, 7) is 6.55. The first kappa shape index (κ1) is 21.3. The van der Waals surface area contributed by atoms with Crippen molar-refractivity contribution in [2.45, 2.75) is 19.6 Å². The number of hydrogen-bond donors (Lipinski definition) is 0. The molecule has 0 aliphatic carbocycles. The fraction of sp³-hybridized carbons (Fsp3) is 0.200. The van der Waals surface area contributed by atoms with Crippen molar-refractivity contribution in [1.29, 1.82) is 0 Å². The van der Waals surface area contributed by atoms with Crippen LogP contribution in [0.5, 0.6) is 0 Å². The molecule has 4 nitrogen and oxygen atoms in total. The summed E-state index contributed by atoms with van der Waals surface area (Å²) >= 11 is 1.67. The van der Waals surface area contributed by atoms with Gasteiger partial charge in [-0.1, -0.05) is 68.2 Å². The highest BCUT2D eigenvalue weighted by Crippen LogP contribution is 2.43. The predicted octanol–water partition coefficient (Wildman–Crippen LogP) is 5.84. The van der Waals surface area contributed by atoms with Crippen molar-refractivity contribution in [3.63, 3.8) is 0 Å². The third kappa shape index (κ3) is 3.46. The number of carbonyl (C=O) groups excluding carboxylic acids is 2. The van der Waals surface area contributed by atoms with Gasteiger partial charge < -0.3 is 9.47 Å². The lowest BCUT2D eigenvalue weighted by Gasteiger charge is -2.25. The van der Waals surface area contributed by atoms with Crippen LogP contribution in [0.1, 0.15) is 20.7 Å². The number of benzene rings is 3. The molecule has 6 heteroatoms. The minimum atomic E-state index is -2.10. The van der Waals surface area contributed by atoms with Gasteiger partial charge in [-0.05, 0) is 16.8 Å². The number of ether oxygens (including phenoxy) is 2. The fourth-order valence-electron chi connectivity index (χ4n) is 4.18. The van der Waals surface area contributed by atoms with Crippen molar-refractivity contribution in [2.24, 2.45) is 0 Å². The lowest BCUT2D eigenvalue weighted by molar-refractivity contribution is 0.0557. The van der Waals surface area contributed by atoms with Gasteiger partial charge >= 0.3 is 11.9 Å². The van der Waals surface area contributed by atoms with Gasteiger partial charge in [0.15, 0.2) is 0 Å². The minimum absolute atomic E-state index is 0.286. The summed E-state index contributed by atoms with van der Waals surface area (Å²) < 4.78 is 12.6. The Morgan fingerprint density at radius 1 is 0.806 bits per heavy atom. The van der Waals surface area contributed by atoms with Crippen LogP contribution in [-0.4, -0.2) is 34.2 Å². The van der Waals surface area contributed by atoms with Crippen molar-refractivity contribution in [3.05, 3.63) is 65.7 Å². The predicted molar refractivity (Wildman–Crippen MR) is 130 cm³/mol. The zero-order valence-corrected chi connectivity index (χ0v) is 20.1. The number of esters is 2. The Labute approximate surface area is 186 Å². The Balaban J connectivity index is 2.39. The summed E-state index contributed by atoms with van der Waals surface area (Å²) in [5.41, 5.74) is 2.21. The second-order valence-corrected chi connectivity index (χ2v) is 14.5. The molecule has 0 amide bonds. The zero-order valence-electron chi connectivity index (χ0n) is 18.2. The number of carbonyl (C=O) groups is 2. The summed E-state index contributed by atoms with van der Waals surface area (Å²) in [7, 11) is 0.609. The van der Waals surface area contributed by atoms with Gasteiger partial charge in [0.05, 0.1) is 33.4 Å². The zero-order chi connectivity index (χ0) is 22.3. The molecule has 0 bridgehead atoms. The molecule has 0 N–H and O–H groups in total. The number of thiophene rings is 1. The smallest absolute Gasteiger partial charge is 0.339 e. The van der Waals surface area contributed by atoms with Gasteiger partial charge in [-0.15, -0.1) is 11.3 Å². The van der Waals surface area contributed by atoms with E-state index in [4.69, 9.17) is 9.47 Å². The van der Waals surface area contributed by atoms with E-state index in [9.17, 15) is 9.59 Å². The molecule has 4 aromatic rings. The van der Waals surface area contributed by atoms with Crippen LogP contribution >= 0.6 is 11.3 Å². The largest absolute Gasteiger partial charge is 0.465 e. The standard InChI is InChI=1S/C25H24O4SSi/c1-28-24(26)20-18(15-11-7-6-8-12-15)19-16-13-9-10-14-17(16)30-22(19)23(31(3,4)5)21(20)25(27)29-2/h6-14H,1-5H3. The molecule has 158 valence electrons. The molecular formula is C25H24O4SSi. The lowest BCUT2D eigenvalue weighted by atomic mass is 9.90. The van der Waals surface area contributed by atoms with E-state index in [-0.39, 0.29) is 5.56 Å². The number of hydrogen-bond acceptors (Lipinski definition) is 5. The van der Waals surface area contributed by atoms with E-state index in [1.165, 1.54) is 14.2 Å². The number of fused-ring (bicyclic) bond motifs is 3. The van der Waals surface area contributed by atoms with Crippen LogP contribution in [0, 0.1) is 0 Å². The van der Waals surface area contributed by atoms with Gasteiger partial charge in [-0.25, -0.2) is 9.59 Å². The normalized spacial score (nSPS) is 11.6. The first-order chi connectivity index (χ1) is 14.8. The van der Waals surface area contributed by atoms with Crippen LogP contribution in [0.15, 0.2) is 54.6 Å². The molecular weight excluding hydrogens is 424 g/mol. The average molecular weight is 449 g/mol. The third-order valence-electron chi connectivity index (χ3n) is 5.41. The lowest BCUT2D eigenvalue weighted by Crippen LogP contribution is -2.43. The molecule has 31 heavy (non-hydrogen) atoms.